The van der Waals surface area contributed by atoms with Gasteiger partial charge in [0, 0.05) is 11.8 Å². The third-order valence-corrected chi connectivity index (χ3v) is 3.64. The molecule has 0 radical (unpaired) electrons. The van der Waals surface area contributed by atoms with Crippen LogP contribution in [0.4, 0.5) is 0 Å². The molecule has 124 valence electrons. The number of esters is 1. The molecule has 0 saturated heterocycles. The van der Waals surface area contributed by atoms with E-state index in [-0.39, 0.29) is 5.97 Å². The first-order chi connectivity index (χ1) is 11.4. The quantitative estimate of drug-likeness (QED) is 0.671. The first kappa shape index (κ1) is 17.5. The normalized spacial score (nSPS) is 19.7. The van der Waals surface area contributed by atoms with Crippen molar-refractivity contribution in [1.82, 2.24) is 5.01 Å². The number of aryl methyl sites for hydroxylation is 1. The van der Waals surface area contributed by atoms with E-state index in [4.69, 9.17) is 10.5 Å². The number of allylic oxidation sites excluding steroid dienone is 3. The Balaban J connectivity index is 2.36. The van der Waals surface area contributed by atoms with Crippen LogP contribution in [0.3, 0.4) is 0 Å². The Kier molecular flexibility index (Phi) is 5.22. The predicted molar refractivity (Wildman–Crippen MR) is 95.2 cm³/mol. The minimum atomic E-state index is -0.742. The Morgan fingerprint density at radius 3 is 2.83 bits per heavy atom. The number of carbonyl (C=O) groups excluding carboxylic acids is 1. The zero-order valence-corrected chi connectivity index (χ0v) is 14.3. The summed E-state index contributed by atoms with van der Waals surface area (Å²) >= 11 is 0. The van der Waals surface area contributed by atoms with Crippen LogP contribution < -0.4 is 5.73 Å². The van der Waals surface area contributed by atoms with E-state index in [9.17, 15) is 4.79 Å². The van der Waals surface area contributed by atoms with Crippen molar-refractivity contribution in [2.75, 3.05) is 7.11 Å². The van der Waals surface area contributed by atoms with Crippen LogP contribution in [-0.4, -0.2) is 30.0 Å². The molecule has 0 fully saturated rings. The number of ether oxygens (including phenoxy) is 1. The molecular weight excluding hydrogens is 302 g/mol. The van der Waals surface area contributed by atoms with E-state index in [2.05, 4.69) is 16.9 Å². The highest BCUT2D eigenvalue weighted by Gasteiger charge is 2.26. The monoisotopic (exact) mass is 323 g/mol. The van der Waals surface area contributed by atoms with Crippen molar-refractivity contribution in [2.24, 2.45) is 10.8 Å². The van der Waals surface area contributed by atoms with Gasteiger partial charge in [0.1, 0.15) is 11.4 Å². The summed E-state index contributed by atoms with van der Waals surface area (Å²) in [4.78, 5) is 11.7. The number of methoxy groups -OCH3 is 1. The fourth-order valence-electron chi connectivity index (χ4n) is 2.24. The van der Waals surface area contributed by atoms with Gasteiger partial charge in [-0.3, -0.25) is 0 Å². The van der Waals surface area contributed by atoms with Gasteiger partial charge in [-0.2, -0.15) is 5.10 Å². The summed E-state index contributed by atoms with van der Waals surface area (Å²) in [6.07, 6.45) is 7.19. The molecule has 0 saturated carbocycles. The highest BCUT2D eigenvalue weighted by atomic mass is 16.5. The van der Waals surface area contributed by atoms with Gasteiger partial charge in [-0.05, 0) is 56.5 Å². The molecule has 1 unspecified atom stereocenters. The summed E-state index contributed by atoms with van der Waals surface area (Å²) < 4.78 is 4.75. The minimum absolute atomic E-state index is 0.385. The van der Waals surface area contributed by atoms with Crippen molar-refractivity contribution in [3.05, 3.63) is 58.8 Å². The highest BCUT2D eigenvalue weighted by Crippen LogP contribution is 2.20. The van der Waals surface area contributed by atoms with E-state index in [1.54, 1.807) is 29.4 Å². The van der Waals surface area contributed by atoms with Gasteiger partial charge in [0.25, 0.3) is 0 Å². The van der Waals surface area contributed by atoms with Gasteiger partial charge in [-0.25, -0.2) is 9.80 Å². The van der Waals surface area contributed by atoms with Gasteiger partial charge in [-0.15, -0.1) is 0 Å². The van der Waals surface area contributed by atoms with E-state index in [1.165, 1.54) is 7.11 Å². The maximum atomic E-state index is 11.7. The molecule has 1 aromatic carbocycles. The molecule has 1 atom stereocenters. The van der Waals surface area contributed by atoms with Gasteiger partial charge < -0.3 is 10.5 Å². The van der Waals surface area contributed by atoms with Crippen molar-refractivity contribution in [2.45, 2.75) is 26.4 Å². The first-order valence-corrected chi connectivity index (χ1v) is 7.57. The third-order valence-electron chi connectivity index (χ3n) is 3.64. The average molecular weight is 323 g/mol. The molecule has 0 spiro atoms. The minimum Gasteiger partial charge on any atom is -0.465 e. The second-order valence-electron chi connectivity index (χ2n) is 5.61. The zero-order valence-electron chi connectivity index (χ0n) is 14.3. The fraction of sp³-hybridized carbons (Fsp3) is 0.263. The highest BCUT2D eigenvalue weighted by molar-refractivity contribution is 5.89. The average Bonchev–Trinajstić information content (AvgIpc) is 2.57. The van der Waals surface area contributed by atoms with E-state index < -0.39 is 5.66 Å². The number of rotatable bonds is 2. The van der Waals surface area contributed by atoms with Crippen molar-refractivity contribution in [1.29, 1.82) is 0 Å². The number of benzene rings is 1. The van der Waals surface area contributed by atoms with Gasteiger partial charge in [-0.1, -0.05) is 18.1 Å². The van der Waals surface area contributed by atoms with Gasteiger partial charge in [0.05, 0.1) is 12.7 Å². The lowest BCUT2D eigenvalue weighted by Crippen LogP contribution is -2.49. The Bertz CT molecular complexity index is 793. The summed E-state index contributed by atoms with van der Waals surface area (Å²) in [5.74, 6) is 5.81. The lowest BCUT2D eigenvalue weighted by atomic mass is 10.0. The fourth-order valence-corrected chi connectivity index (χ4v) is 2.24. The van der Waals surface area contributed by atoms with E-state index >= 15 is 0 Å². The van der Waals surface area contributed by atoms with Crippen molar-refractivity contribution >= 4 is 12.2 Å². The molecule has 2 rings (SSSR count). The lowest BCUT2D eigenvalue weighted by molar-refractivity contribution is 0.0600. The van der Waals surface area contributed by atoms with Crippen LogP contribution >= 0.6 is 0 Å². The van der Waals surface area contributed by atoms with Crippen LogP contribution in [-0.2, 0) is 4.74 Å². The van der Waals surface area contributed by atoms with Crippen molar-refractivity contribution < 1.29 is 9.53 Å². The van der Waals surface area contributed by atoms with E-state index in [0.717, 1.165) is 11.1 Å². The third kappa shape index (κ3) is 3.73. The summed E-state index contributed by atoms with van der Waals surface area (Å²) in [7, 11) is 1.36. The second-order valence-corrected chi connectivity index (χ2v) is 5.61. The van der Waals surface area contributed by atoms with E-state index in [1.807, 2.05) is 39.0 Å². The molecule has 2 N–H and O–H groups in total. The molecular formula is C19H21N3O2. The van der Waals surface area contributed by atoms with Crippen LogP contribution in [0.5, 0.6) is 0 Å². The topological polar surface area (TPSA) is 67.9 Å². The summed E-state index contributed by atoms with van der Waals surface area (Å²) in [6.45, 7) is 5.68. The SMILES string of the molecule is C/C=C(/C#Cc1cc(C(=O)OC)ccc1C)N1N=CC=CC1(C)N. The van der Waals surface area contributed by atoms with E-state index in [0.29, 0.717) is 11.3 Å². The summed E-state index contributed by atoms with van der Waals surface area (Å²) in [5.41, 5.74) is 8.38. The van der Waals surface area contributed by atoms with Gasteiger partial charge in [0.15, 0.2) is 0 Å². The Morgan fingerprint density at radius 1 is 1.46 bits per heavy atom. The maximum Gasteiger partial charge on any atom is 0.337 e. The van der Waals surface area contributed by atoms with Crippen molar-refractivity contribution in [3.63, 3.8) is 0 Å². The molecule has 0 amide bonds. The molecule has 1 aliphatic heterocycles. The second kappa shape index (κ2) is 7.16. The Labute approximate surface area is 142 Å². The number of hydrogen-bond donors (Lipinski definition) is 1. The molecule has 5 heteroatoms. The first-order valence-electron chi connectivity index (χ1n) is 7.57. The molecule has 1 aliphatic rings. The van der Waals surface area contributed by atoms with Gasteiger partial charge in [0.2, 0.25) is 0 Å². The van der Waals surface area contributed by atoms with Crippen LogP contribution in [0.15, 0.2) is 47.2 Å². The number of nitrogens with two attached hydrogens (primary N) is 1. The number of hydrogen-bond acceptors (Lipinski definition) is 5. The zero-order chi connectivity index (χ0) is 17.7. The molecule has 5 nitrogen and oxygen atoms in total. The molecule has 0 bridgehead atoms. The maximum absolute atomic E-state index is 11.7. The predicted octanol–water partition coefficient (Wildman–Crippen LogP) is 2.57. The largest absolute Gasteiger partial charge is 0.465 e. The lowest BCUT2D eigenvalue weighted by Gasteiger charge is -2.34. The summed E-state index contributed by atoms with van der Waals surface area (Å²) in [5, 5.41) is 5.96. The van der Waals surface area contributed by atoms with Crippen LogP contribution in [0, 0.1) is 18.8 Å². The number of nitrogens with zero attached hydrogens (tertiary/aromatic N) is 2. The van der Waals surface area contributed by atoms with Gasteiger partial charge >= 0.3 is 5.97 Å². The summed E-state index contributed by atoms with van der Waals surface area (Å²) in [6, 6.07) is 5.29. The van der Waals surface area contributed by atoms with Crippen LogP contribution in [0.25, 0.3) is 0 Å². The standard InChI is InChI=1S/C19H21N3O2/c1-5-17(22-19(3,20)11-6-12-21-22)10-9-15-13-16(18(23)24-4)8-7-14(15)2/h5-8,11-13H,20H2,1-4H3/b17-5-. The molecule has 0 aromatic heterocycles. The number of hydrazone groups is 1. The Hall–Kier alpha value is -2.84. The van der Waals surface area contributed by atoms with Crippen LogP contribution in [0.2, 0.25) is 0 Å². The number of carbonyl (C=O) groups is 1. The molecule has 0 aliphatic carbocycles. The molecule has 1 aromatic rings. The Morgan fingerprint density at radius 2 is 2.21 bits per heavy atom. The smallest absolute Gasteiger partial charge is 0.337 e. The van der Waals surface area contributed by atoms with Crippen molar-refractivity contribution in [3.8, 4) is 11.8 Å². The van der Waals surface area contributed by atoms with Crippen LogP contribution in [0.1, 0.15) is 35.3 Å². The molecule has 1 heterocycles. The molecule has 24 heavy (non-hydrogen) atoms.